The van der Waals surface area contributed by atoms with Crippen molar-refractivity contribution in [2.45, 2.75) is 44.1 Å². The summed E-state index contributed by atoms with van der Waals surface area (Å²) in [4.78, 5) is 0. The SMILES string of the molecule is OC1(CNc2cnnc3ccccc23)CCCCCC1. The van der Waals surface area contributed by atoms with Gasteiger partial charge in [-0.2, -0.15) is 10.2 Å². The van der Waals surface area contributed by atoms with Crippen LogP contribution in [0, 0.1) is 0 Å². The molecule has 0 amide bonds. The topological polar surface area (TPSA) is 58.0 Å². The number of aliphatic hydroxyl groups is 1. The molecule has 1 heterocycles. The van der Waals surface area contributed by atoms with E-state index in [2.05, 4.69) is 15.5 Å². The zero-order valence-electron chi connectivity index (χ0n) is 11.7. The molecule has 0 saturated heterocycles. The van der Waals surface area contributed by atoms with Gasteiger partial charge in [-0.05, 0) is 18.9 Å². The van der Waals surface area contributed by atoms with Crippen LogP contribution in [0.4, 0.5) is 5.69 Å². The van der Waals surface area contributed by atoms with E-state index in [0.717, 1.165) is 42.3 Å². The van der Waals surface area contributed by atoms with E-state index in [9.17, 15) is 5.11 Å². The Bertz CT molecular complexity index is 571. The van der Waals surface area contributed by atoms with Crippen LogP contribution in [0.5, 0.6) is 0 Å². The lowest BCUT2D eigenvalue weighted by Gasteiger charge is -2.27. The fourth-order valence-corrected chi connectivity index (χ4v) is 2.97. The van der Waals surface area contributed by atoms with Crippen molar-refractivity contribution < 1.29 is 5.11 Å². The number of nitrogens with zero attached hydrogens (tertiary/aromatic N) is 2. The number of hydrogen-bond acceptors (Lipinski definition) is 4. The van der Waals surface area contributed by atoms with E-state index >= 15 is 0 Å². The van der Waals surface area contributed by atoms with Crippen molar-refractivity contribution in [1.82, 2.24) is 10.2 Å². The highest BCUT2D eigenvalue weighted by Crippen LogP contribution is 2.28. The third-order valence-electron chi connectivity index (χ3n) is 4.19. The number of anilines is 1. The Morgan fingerprint density at radius 2 is 1.85 bits per heavy atom. The molecule has 20 heavy (non-hydrogen) atoms. The van der Waals surface area contributed by atoms with E-state index in [-0.39, 0.29) is 0 Å². The number of rotatable bonds is 3. The van der Waals surface area contributed by atoms with E-state index < -0.39 is 5.60 Å². The van der Waals surface area contributed by atoms with Gasteiger partial charge in [0.15, 0.2) is 0 Å². The first-order valence-corrected chi connectivity index (χ1v) is 7.44. The molecule has 0 bridgehead atoms. The Morgan fingerprint density at radius 3 is 2.65 bits per heavy atom. The van der Waals surface area contributed by atoms with Gasteiger partial charge in [0.05, 0.1) is 23.0 Å². The molecule has 3 rings (SSSR count). The molecule has 1 saturated carbocycles. The van der Waals surface area contributed by atoms with Gasteiger partial charge >= 0.3 is 0 Å². The zero-order valence-corrected chi connectivity index (χ0v) is 11.7. The zero-order chi connectivity index (χ0) is 13.8. The van der Waals surface area contributed by atoms with Crippen LogP contribution in [0.3, 0.4) is 0 Å². The second kappa shape index (κ2) is 5.75. The smallest absolute Gasteiger partial charge is 0.0950 e. The molecule has 1 aromatic heterocycles. The normalized spacial score (nSPS) is 18.6. The highest BCUT2D eigenvalue weighted by molar-refractivity contribution is 5.90. The summed E-state index contributed by atoms with van der Waals surface area (Å²) in [7, 11) is 0. The molecule has 1 aliphatic rings. The van der Waals surface area contributed by atoms with E-state index in [0.29, 0.717) is 6.54 Å². The Morgan fingerprint density at radius 1 is 1.10 bits per heavy atom. The van der Waals surface area contributed by atoms with Gasteiger partial charge in [-0.1, -0.05) is 43.9 Å². The Labute approximate surface area is 119 Å². The summed E-state index contributed by atoms with van der Waals surface area (Å²) in [5, 5.41) is 23.3. The summed E-state index contributed by atoms with van der Waals surface area (Å²) < 4.78 is 0. The predicted molar refractivity (Wildman–Crippen MR) is 80.7 cm³/mol. The highest BCUT2D eigenvalue weighted by Gasteiger charge is 2.27. The van der Waals surface area contributed by atoms with Crippen LogP contribution in [-0.2, 0) is 0 Å². The molecule has 0 spiro atoms. The fourth-order valence-electron chi connectivity index (χ4n) is 2.97. The predicted octanol–water partition coefficient (Wildman–Crippen LogP) is 3.13. The van der Waals surface area contributed by atoms with Crippen LogP contribution in [0.25, 0.3) is 10.9 Å². The number of fused-ring (bicyclic) bond motifs is 1. The molecule has 2 N–H and O–H groups in total. The molecular formula is C16H21N3O. The molecule has 1 aromatic carbocycles. The molecule has 0 unspecified atom stereocenters. The van der Waals surface area contributed by atoms with Gasteiger partial charge in [-0.15, -0.1) is 0 Å². The van der Waals surface area contributed by atoms with Crippen LogP contribution in [-0.4, -0.2) is 27.4 Å². The molecule has 0 radical (unpaired) electrons. The lowest BCUT2D eigenvalue weighted by Crippen LogP contribution is -2.36. The van der Waals surface area contributed by atoms with Crippen LogP contribution in [0.2, 0.25) is 0 Å². The molecule has 4 nitrogen and oxygen atoms in total. The third-order valence-corrected chi connectivity index (χ3v) is 4.19. The van der Waals surface area contributed by atoms with Gasteiger partial charge < -0.3 is 10.4 Å². The van der Waals surface area contributed by atoms with Crippen molar-refractivity contribution in [3.63, 3.8) is 0 Å². The highest BCUT2D eigenvalue weighted by atomic mass is 16.3. The third kappa shape index (κ3) is 2.90. The van der Waals surface area contributed by atoms with Gasteiger partial charge in [0, 0.05) is 11.9 Å². The lowest BCUT2D eigenvalue weighted by atomic mass is 9.94. The van der Waals surface area contributed by atoms with Crippen molar-refractivity contribution in [2.24, 2.45) is 0 Å². The maximum absolute atomic E-state index is 10.7. The minimum Gasteiger partial charge on any atom is -0.388 e. The largest absolute Gasteiger partial charge is 0.388 e. The van der Waals surface area contributed by atoms with Crippen molar-refractivity contribution in [2.75, 3.05) is 11.9 Å². The molecule has 4 heteroatoms. The van der Waals surface area contributed by atoms with Crippen molar-refractivity contribution in [1.29, 1.82) is 0 Å². The second-order valence-electron chi connectivity index (χ2n) is 5.77. The second-order valence-corrected chi connectivity index (χ2v) is 5.77. The molecule has 0 atom stereocenters. The van der Waals surface area contributed by atoms with Crippen molar-refractivity contribution in [3.05, 3.63) is 30.5 Å². The quantitative estimate of drug-likeness (QED) is 0.842. The maximum atomic E-state index is 10.7. The van der Waals surface area contributed by atoms with Gasteiger partial charge in [0.25, 0.3) is 0 Å². The average Bonchev–Trinajstić information content (AvgIpc) is 2.70. The van der Waals surface area contributed by atoms with Crippen molar-refractivity contribution >= 4 is 16.6 Å². The molecule has 1 aliphatic carbocycles. The first kappa shape index (κ1) is 13.3. The van der Waals surface area contributed by atoms with Gasteiger partial charge in [0.2, 0.25) is 0 Å². The summed E-state index contributed by atoms with van der Waals surface area (Å²) in [6.45, 7) is 0.586. The number of aromatic nitrogens is 2. The summed E-state index contributed by atoms with van der Waals surface area (Å²) in [5.74, 6) is 0. The number of benzene rings is 1. The van der Waals surface area contributed by atoms with E-state index in [1.54, 1.807) is 6.20 Å². The van der Waals surface area contributed by atoms with E-state index in [4.69, 9.17) is 0 Å². The first-order chi connectivity index (χ1) is 9.77. The van der Waals surface area contributed by atoms with E-state index in [1.807, 2.05) is 24.3 Å². The van der Waals surface area contributed by atoms with Crippen LogP contribution < -0.4 is 5.32 Å². The molecule has 0 aliphatic heterocycles. The summed E-state index contributed by atoms with van der Waals surface area (Å²) >= 11 is 0. The molecule has 2 aromatic rings. The molecule has 1 fully saturated rings. The van der Waals surface area contributed by atoms with Crippen molar-refractivity contribution in [3.8, 4) is 0 Å². The average molecular weight is 271 g/mol. The lowest BCUT2D eigenvalue weighted by molar-refractivity contribution is 0.0381. The van der Waals surface area contributed by atoms with Gasteiger partial charge in [0.1, 0.15) is 0 Å². The first-order valence-electron chi connectivity index (χ1n) is 7.44. The van der Waals surface area contributed by atoms with Gasteiger partial charge in [-0.25, -0.2) is 0 Å². The minimum absolute atomic E-state index is 0.582. The summed E-state index contributed by atoms with van der Waals surface area (Å²) in [6.07, 6.45) is 8.22. The molecule has 106 valence electrons. The Balaban J connectivity index is 1.76. The monoisotopic (exact) mass is 271 g/mol. The molecular weight excluding hydrogens is 250 g/mol. The maximum Gasteiger partial charge on any atom is 0.0950 e. The Kier molecular flexibility index (Phi) is 3.83. The summed E-state index contributed by atoms with van der Waals surface area (Å²) in [5.41, 5.74) is 1.25. The van der Waals surface area contributed by atoms with Crippen LogP contribution >= 0.6 is 0 Å². The van der Waals surface area contributed by atoms with E-state index in [1.165, 1.54) is 12.8 Å². The van der Waals surface area contributed by atoms with Crippen LogP contribution in [0.15, 0.2) is 30.5 Å². The summed E-state index contributed by atoms with van der Waals surface area (Å²) in [6, 6.07) is 7.94. The minimum atomic E-state index is -0.582. The fraction of sp³-hybridized carbons (Fsp3) is 0.500. The van der Waals surface area contributed by atoms with Gasteiger partial charge in [-0.3, -0.25) is 0 Å². The Hall–Kier alpha value is -1.68. The van der Waals surface area contributed by atoms with Crippen LogP contribution in [0.1, 0.15) is 38.5 Å². The number of nitrogens with one attached hydrogen (secondary N) is 1. The number of hydrogen-bond donors (Lipinski definition) is 2. The standard InChI is InChI=1S/C16H21N3O/c20-16(9-5-1-2-6-10-16)12-17-15-11-18-19-14-8-4-3-7-13(14)15/h3-4,7-8,11,20H,1-2,5-6,9-10,12H2,(H,17,19).